The maximum atomic E-state index is 13.4. The van der Waals surface area contributed by atoms with Gasteiger partial charge in [-0.15, -0.1) is 0 Å². The van der Waals surface area contributed by atoms with Gasteiger partial charge in [-0.25, -0.2) is 0 Å². The van der Waals surface area contributed by atoms with Gasteiger partial charge < -0.3 is 24.7 Å². The van der Waals surface area contributed by atoms with Gasteiger partial charge in [0.1, 0.15) is 17.9 Å². The molecule has 5 rings (SSSR count). The third-order valence-corrected chi connectivity index (χ3v) is 6.31. The molecule has 0 saturated carbocycles. The van der Waals surface area contributed by atoms with Gasteiger partial charge in [-0.1, -0.05) is 41.9 Å². The van der Waals surface area contributed by atoms with Crippen LogP contribution in [0.1, 0.15) is 22.5 Å². The molecule has 0 aliphatic carbocycles. The minimum absolute atomic E-state index is 0.0327. The molecular weight excluding hydrogens is 418 g/mol. The Bertz CT molecular complexity index is 1160. The number of para-hydroxylation sites is 2. The van der Waals surface area contributed by atoms with Crippen LogP contribution in [0, 0.1) is 0 Å². The van der Waals surface area contributed by atoms with E-state index in [2.05, 4.69) is 0 Å². The summed E-state index contributed by atoms with van der Waals surface area (Å²) in [6, 6.07) is 14.2. The second-order valence-electron chi connectivity index (χ2n) is 7.90. The highest BCUT2D eigenvalue weighted by Crippen LogP contribution is 2.31. The van der Waals surface area contributed by atoms with Crippen LogP contribution in [0.2, 0.25) is 5.02 Å². The van der Waals surface area contributed by atoms with Gasteiger partial charge >= 0.3 is 0 Å². The van der Waals surface area contributed by atoms with E-state index >= 15 is 0 Å². The van der Waals surface area contributed by atoms with E-state index in [1.54, 1.807) is 21.9 Å². The summed E-state index contributed by atoms with van der Waals surface area (Å²) >= 11 is 6.22. The van der Waals surface area contributed by atoms with E-state index in [1.165, 1.54) is 0 Å². The van der Waals surface area contributed by atoms with Crippen molar-refractivity contribution in [1.82, 2.24) is 9.80 Å². The lowest BCUT2D eigenvalue weighted by Crippen LogP contribution is -2.53. The number of fused-ring (bicyclic) bond motifs is 2. The summed E-state index contributed by atoms with van der Waals surface area (Å²) in [6.07, 6.45) is 0.561. The molecule has 2 saturated heterocycles. The molecule has 3 heterocycles. The second kappa shape index (κ2) is 7.90. The zero-order valence-electron chi connectivity index (χ0n) is 16.8. The lowest BCUT2D eigenvalue weighted by molar-refractivity contribution is -0.131. The van der Waals surface area contributed by atoms with E-state index in [0.717, 1.165) is 5.39 Å². The largest absolute Gasteiger partial charge is 0.487 e. The first-order valence-corrected chi connectivity index (χ1v) is 10.6. The molecule has 0 bridgehead atoms. The molecule has 1 aromatic heterocycles. The van der Waals surface area contributed by atoms with E-state index < -0.39 is 6.04 Å². The summed E-state index contributed by atoms with van der Waals surface area (Å²) in [4.78, 5) is 29.1. The van der Waals surface area contributed by atoms with Gasteiger partial charge in [0.25, 0.3) is 5.91 Å². The van der Waals surface area contributed by atoms with Crippen molar-refractivity contribution in [2.45, 2.75) is 25.1 Å². The van der Waals surface area contributed by atoms with Gasteiger partial charge in [0, 0.05) is 30.6 Å². The number of halogens is 1. The Kier molecular flexibility index (Phi) is 5.08. The minimum atomic E-state index is -0.481. The van der Waals surface area contributed by atoms with Crippen LogP contribution in [0.15, 0.2) is 52.9 Å². The maximum absolute atomic E-state index is 13.4. The number of carbonyl (C=O) groups excluding carboxylic acids is 2. The van der Waals surface area contributed by atoms with Crippen LogP contribution < -0.4 is 10.5 Å². The fourth-order valence-corrected chi connectivity index (χ4v) is 4.60. The standard InChI is InChI=1S/C23H22ClN3O4/c24-17-6-2-4-8-20(17)30-13-16-15-5-1-3-7-19(15)31-21(16)23(29)26-9-10-27-14(12-26)11-18(25)22(27)28/h1-8,14,18H,9-13,25H2. The average molecular weight is 440 g/mol. The second-order valence-corrected chi connectivity index (χ2v) is 8.31. The van der Waals surface area contributed by atoms with Crippen molar-refractivity contribution in [3.05, 3.63) is 64.9 Å². The number of amides is 2. The molecule has 8 heteroatoms. The third kappa shape index (κ3) is 3.54. The Balaban J connectivity index is 1.43. The first kappa shape index (κ1) is 19.9. The number of nitrogens with two attached hydrogens (primary N) is 1. The zero-order chi connectivity index (χ0) is 21.5. The number of piperazine rings is 1. The number of benzene rings is 2. The fourth-order valence-electron chi connectivity index (χ4n) is 4.41. The molecule has 2 N–H and O–H groups in total. The normalized spacial score (nSPS) is 20.9. The molecule has 3 aromatic rings. The van der Waals surface area contributed by atoms with Gasteiger partial charge in [0.2, 0.25) is 5.91 Å². The first-order valence-electron chi connectivity index (χ1n) is 10.3. The Hall–Kier alpha value is -3.03. The monoisotopic (exact) mass is 439 g/mol. The van der Waals surface area contributed by atoms with Crippen molar-refractivity contribution in [2.24, 2.45) is 5.73 Å². The van der Waals surface area contributed by atoms with Crippen LogP contribution in [-0.4, -0.2) is 53.3 Å². The third-order valence-electron chi connectivity index (χ3n) is 6.00. The molecule has 0 radical (unpaired) electrons. The van der Waals surface area contributed by atoms with E-state index in [9.17, 15) is 9.59 Å². The van der Waals surface area contributed by atoms with Gasteiger partial charge in [-0.05, 0) is 24.6 Å². The Morgan fingerprint density at radius 3 is 2.77 bits per heavy atom. The zero-order valence-corrected chi connectivity index (χ0v) is 17.5. The highest BCUT2D eigenvalue weighted by molar-refractivity contribution is 6.32. The Labute approximate surface area is 184 Å². The Morgan fingerprint density at radius 2 is 1.94 bits per heavy atom. The number of hydrogen-bond acceptors (Lipinski definition) is 5. The molecule has 2 aromatic carbocycles. The van der Waals surface area contributed by atoms with Crippen molar-refractivity contribution in [2.75, 3.05) is 19.6 Å². The van der Waals surface area contributed by atoms with Crippen molar-refractivity contribution in [3.8, 4) is 5.75 Å². The highest BCUT2D eigenvalue weighted by Gasteiger charge is 2.42. The van der Waals surface area contributed by atoms with Crippen LogP contribution in [0.25, 0.3) is 11.0 Å². The van der Waals surface area contributed by atoms with Crippen LogP contribution in [0.4, 0.5) is 0 Å². The van der Waals surface area contributed by atoms with E-state index in [0.29, 0.717) is 48.0 Å². The maximum Gasteiger partial charge on any atom is 0.290 e. The average Bonchev–Trinajstić information content (AvgIpc) is 3.29. The van der Waals surface area contributed by atoms with Crippen LogP contribution in [-0.2, 0) is 11.4 Å². The molecule has 2 unspecified atom stereocenters. The minimum Gasteiger partial charge on any atom is -0.487 e. The highest BCUT2D eigenvalue weighted by atomic mass is 35.5. The SMILES string of the molecule is NC1CC2CN(C(=O)c3oc4ccccc4c3COc3ccccc3Cl)CCN2C1=O. The molecule has 7 nitrogen and oxygen atoms in total. The van der Waals surface area contributed by atoms with Gasteiger partial charge in [0.15, 0.2) is 5.76 Å². The summed E-state index contributed by atoms with van der Waals surface area (Å²) in [5, 5.41) is 1.33. The molecule has 2 aliphatic rings. The van der Waals surface area contributed by atoms with Crippen LogP contribution >= 0.6 is 11.6 Å². The number of furan rings is 1. The number of hydrogen-bond donors (Lipinski definition) is 1. The molecule has 2 fully saturated rings. The lowest BCUT2D eigenvalue weighted by atomic mass is 10.1. The summed E-state index contributed by atoms with van der Waals surface area (Å²) in [5.74, 6) is 0.562. The van der Waals surface area contributed by atoms with Crippen molar-refractivity contribution < 1.29 is 18.7 Å². The quantitative estimate of drug-likeness (QED) is 0.675. The van der Waals surface area contributed by atoms with Crippen LogP contribution in [0.5, 0.6) is 5.75 Å². The Morgan fingerprint density at radius 1 is 1.16 bits per heavy atom. The van der Waals surface area contributed by atoms with Crippen molar-refractivity contribution >= 4 is 34.4 Å². The molecular formula is C23H22ClN3O4. The summed E-state index contributed by atoms with van der Waals surface area (Å²) in [6.45, 7) is 1.51. The van der Waals surface area contributed by atoms with E-state index in [-0.39, 0.29) is 30.2 Å². The van der Waals surface area contributed by atoms with E-state index in [4.69, 9.17) is 26.5 Å². The lowest BCUT2D eigenvalue weighted by Gasteiger charge is -2.37. The number of nitrogens with zero attached hydrogens (tertiary/aromatic N) is 2. The van der Waals surface area contributed by atoms with Gasteiger partial charge in [-0.3, -0.25) is 9.59 Å². The predicted molar refractivity (Wildman–Crippen MR) is 116 cm³/mol. The van der Waals surface area contributed by atoms with E-state index in [1.807, 2.05) is 36.4 Å². The molecule has 0 spiro atoms. The van der Waals surface area contributed by atoms with Crippen LogP contribution in [0.3, 0.4) is 0 Å². The number of rotatable bonds is 4. The molecule has 2 amide bonds. The molecule has 2 atom stereocenters. The summed E-state index contributed by atoms with van der Waals surface area (Å²) in [7, 11) is 0. The van der Waals surface area contributed by atoms with Crippen molar-refractivity contribution in [3.63, 3.8) is 0 Å². The number of ether oxygens (including phenoxy) is 1. The first-order chi connectivity index (χ1) is 15.0. The fraction of sp³-hybridized carbons (Fsp3) is 0.304. The summed E-state index contributed by atoms with van der Waals surface area (Å²) in [5.41, 5.74) is 7.22. The molecule has 2 aliphatic heterocycles. The molecule has 160 valence electrons. The van der Waals surface area contributed by atoms with Gasteiger partial charge in [-0.2, -0.15) is 0 Å². The van der Waals surface area contributed by atoms with Crippen molar-refractivity contribution in [1.29, 1.82) is 0 Å². The topological polar surface area (TPSA) is 89.0 Å². The molecule has 31 heavy (non-hydrogen) atoms. The predicted octanol–water partition coefficient (Wildman–Crippen LogP) is 3.05. The smallest absolute Gasteiger partial charge is 0.290 e. The summed E-state index contributed by atoms with van der Waals surface area (Å²) < 4.78 is 11.9. The number of carbonyl (C=O) groups is 2. The van der Waals surface area contributed by atoms with Gasteiger partial charge in [0.05, 0.1) is 17.1 Å².